The molecule has 2 rings (SSSR count). The standard InChI is InChI=1S/C13H16FNO2/c1-8-5-9(14)3-4-11(8)13(16)12-6-10(17-2)7-15-12/h3-5,10,12,15H,6-7H2,1-2H3. The fourth-order valence-electron chi connectivity index (χ4n) is 2.17. The molecule has 17 heavy (non-hydrogen) atoms. The van der Waals surface area contributed by atoms with Crippen molar-refractivity contribution in [3.8, 4) is 0 Å². The maximum absolute atomic E-state index is 13.0. The van der Waals surface area contributed by atoms with Crippen LogP contribution in [0, 0.1) is 12.7 Å². The Labute approximate surface area is 100.0 Å². The number of nitrogens with one attached hydrogen (secondary N) is 1. The van der Waals surface area contributed by atoms with E-state index in [0.717, 1.165) is 0 Å². The Morgan fingerprint density at radius 1 is 1.53 bits per heavy atom. The van der Waals surface area contributed by atoms with Crippen molar-refractivity contribution < 1.29 is 13.9 Å². The predicted molar refractivity (Wildman–Crippen MR) is 62.7 cm³/mol. The molecular formula is C13H16FNO2. The number of carbonyl (C=O) groups is 1. The zero-order chi connectivity index (χ0) is 12.4. The van der Waals surface area contributed by atoms with E-state index in [2.05, 4.69) is 5.32 Å². The number of aryl methyl sites for hydroxylation is 1. The second kappa shape index (κ2) is 4.94. The van der Waals surface area contributed by atoms with E-state index in [0.29, 0.717) is 24.1 Å². The lowest BCUT2D eigenvalue weighted by atomic mass is 9.98. The van der Waals surface area contributed by atoms with Crippen LogP contribution in [0.3, 0.4) is 0 Å². The summed E-state index contributed by atoms with van der Waals surface area (Å²) in [5, 5.41) is 3.13. The van der Waals surface area contributed by atoms with Crippen molar-refractivity contribution >= 4 is 5.78 Å². The molecule has 92 valence electrons. The van der Waals surface area contributed by atoms with Gasteiger partial charge in [-0.2, -0.15) is 0 Å². The highest BCUT2D eigenvalue weighted by Crippen LogP contribution is 2.18. The maximum Gasteiger partial charge on any atom is 0.180 e. The van der Waals surface area contributed by atoms with Crippen LogP contribution in [0.25, 0.3) is 0 Å². The number of Topliss-reactive ketones (excluding diaryl/α,β-unsaturated/α-hetero) is 1. The van der Waals surface area contributed by atoms with Crippen molar-refractivity contribution in [3.63, 3.8) is 0 Å². The lowest BCUT2D eigenvalue weighted by Gasteiger charge is -2.11. The molecule has 1 aliphatic rings. The van der Waals surface area contributed by atoms with Gasteiger partial charge in [-0.05, 0) is 37.1 Å². The Balaban J connectivity index is 2.15. The number of ketones is 1. The zero-order valence-electron chi connectivity index (χ0n) is 10.00. The van der Waals surface area contributed by atoms with Crippen LogP contribution in [0.4, 0.5) is 4.39 Å². The highest BCUT2D eigenvalue weighted by molar-refractivity contribution is 6.01. The van der Waals surface area contributed by atoms with E-state index >= 15 is 0 Å². The molecule has 1 N–H and O–H groups in total. The summed E-state index contributed by atoms with van der Waals surface area (Å²) in [6.45, 7) is 2.44. The van der Waals surface area contributed by atoms with Crippen molar-refractivity contribution in [3.05, 3.63) is 35.1 Å². The Bertz CT molecular complexity index is 433. The van der Waals surface area contributed by atoms with Gasteiger partial charge in [-0.25, -0.2) is 4.39 Å². The number of methoxy groups -OCH3 is 1. The summed E-state index contributed by atoms with van der Waals surface area (Å²) in [6.07, 6.45) is 0.760. The molecule has 1 aromatic carbocycles. The predicted octanol–water partition coefficient (Wildman–Crippen LogP) is 1.69. The van der Waals surface area contributed by atoms with Gasteiger partial charge in [0.15, 0.2) is 5.78 Å². The molecule has 3 nitrogen and oxygen atoms in total. The molecule has 0 spiro atoms. The van der Waals surface area contributed by atoms with Crippen LogP contribution in [-0.2, 0) is 4.74 Å². The second-order valence-corrected chi connectivity index (χ2v) is 4.38. The van der Waals surface area contributed by atoms with Crippen molar-refractivity contribution in [2.45, 2.75) is 25.5 Å². The molecule has 1 aromatic rings. The first-order valence-electron chi connectivity index (χ1n) is 5.68. The smallest absolute Gasteiger partial charge is 0.180 e. The summed E-state index contributed by atoms with van der Waals surface area (Å²) in [6, 6.07) is 4.04. The summed E-state index contributed by atoms with van der Waals surface area (Å²) < 4.78 is 18.2. The molecule has 0 aliphatic carbocycles. The molecule has 1 saturated heterocycles. The van der Waals surface area contributed by atoms with Gasteiger partial charge in [0, 0.05) is 19.2 Å². The molecule has 1 heterocycles. The number of carbonyl (C=O) groups excluding carboxylic acids is 1. The van der Waals surface area contributed by atoms with E-state index in [1.54, 1.807) is 20.1 Å². The van der Waals surface area contributed by atoms with Crippen LogP contribution < -0.4 is 5.32 Å². The van der Waals surface area contributed by atoms with Crippen molar-refractivity contribution in [2.75, 3.05) is 13.7 Å². The SMILES string of the molecule is COC1CNC(C(=O)c2ccc(F)cc2C)C1. The van der Waals surface area contributed by atoms with Crippen LogP contribution >= 0.6 is 0 Å². The summed E-state index contributed by atoms with van der Waals surface area (Å²) in [4.78, 5) is 12.2. The maximum atomic E-state index is 13.0. The third-order valence-electron chi connectivity index (χ3n) is 3.19. The topological polar surface area (TPSA) is 38.3 Å². The van der Waals surface area contributed by atoms with Gasteiger partial charge in [0.05, 0.1) is 12.1 Å². The Morgan fingerprint density at radius 3 is 2.88 bits per heavy atom. The molecule has 2 atom stereocenters. The average Bonchev–Trinajstić information content (AvgIpc) is 2.76. The first-order valence-corrected chi connectivity index (χ1v) is 5.68. The van der Waals surface area contributed by atoms with E-state index in [1.807, 2.05) is 0 Å². The van der Waals surface area contributed by atoms with E-state index < -0.39 is 0 Å². The highest BCUT2D eigenvalue weighted by Gasteiger charge is 2.30. The van der Waals surface area contributed by atoms with Crippen LogP contribution in [-0.4, -0.2) is 31.6 Å². The Hall–Kier alpha value is -1.26. The minimum Gasteiger partial charge on any atom is -0.380 e. The average molecular weight is 237 g/mol. The van der Waals surface area contributed by atoms with Crippen LogP contribution in [0.1, 0.15) is 22.3 Å². The summed E-state index contributed by atoms with van der Waals surface area (Å²) in [5.74, 6) is -0.296. The van der Waals surface area contributed by atoms with E-state index in [1.165, 1.54) is 12.1 Å². The summed E-state index contributed by atoms with van der Waals surface area (Å²) in [5.41, 5.74) is 1.26. The Morgan fingerprint density at radius 2 is 2.29 bits per heavy atom. The van der Waals surface area contributed by atoms with Gasteiger partial charge < -0.3 is 10.1 Å². The van der Waals surface area contributed by atoms with Gasteiger partial charge >= 0.3 is 0 Å². The molecule has 1 aliphatic heterocycles. The van der Waals surface area contributed by atoms with Gasteiger partial charge in [0.1, 0.15) is 5.82 Å². The summed E-state index contributed by atoms with van der Waals surface area (Å²) in [7, 11) is 1.64. The molecule has 0 saturated carbocycles. The lowest BCUT2D eigenvalue weighted by Crippen LogP contribution is -2.31. The first kappa shape index (κ1) is 12.2. The van der Waals surface area contributed by atoms with E-state index in [9.17, 15) is 9.18 Å². The lowest BCUT2D eigenvalue weighted by molar-refractivity contribution is 0.0918. The minimum atomic E-state index is -0.312. The number of ether oxygens (including phenoxy) is 1. The Kier molecular flexibility index (Phi) is 3.54. The summed E-state index contributed by atoms with van der Waals surface area (Å²) >= 11 is 0. The molecule has 0 radical (unpaired) electrons. The first-order chi connectivity index (χ1) is 8.11. The molecule has 4 heteroatoms. The van der Waals surface area contributed by atoms with E-state index in [4.69, 9.17) is 4.74 Å². The minimum absolute atomic E-state index is 0.0158. The van der Waals surface area contributed by atoms with Crippen LogP contribution in [0.2, 0.25) is 0 Å². The van der Waals surface area contributed by atoms with Crippen LogP contribution in [0.15, 0.2) is 18.2 Å². The molecule has 0 amide bonds. The second-order valence-electron chi connectivity index (χ2n) is 4.38. The fraction of sp³-hybridized carbons (Fsp3) is 0.462. The molecule has 0 bridgehead atoms. The molecule has 0 aromatic heterocycles. The number of rotatable bonds is 3. The quantitative estimate of drug-likeness (QED) is 0.813. The number of halogens is 1. The number of hydrogen-bond donors (Lipinski definition) is 1. The van der Waals surface area contributed by atoms with Crippen molar-refractivity contribution in [2.24, 2.45) is 0 Å². The third-order valence-corrected chi connectivity index (χ3v) is 3.19. The number of hydrogen-bond acceptors (Lipinski definition) is 3. The largest absolute Gasteiger partial charge is 0.380 e. The zero-order valence-corrected chi connectivity index (χ0v) is 10.00. The van der Waals surface area contributed by atoms with Crippen molar-refractivity contribution in [1.29, 1.82) is 0 Å². The van der Waals surface area contributed by atoms with Gasteiger partial charge in [-0.3, -0.25) is 4.79 Å². The van der Waals surface area contributed by atoms with E-state index in [-0.39, 0.29) is 23.7 Å². The molecular weight excluding hydrogens is 221 g/mol. The monoisotopic (exact) mass is 237 g/mol. The molecule has 1 fully saturated rings. The molecule has 2 unspecified atom stereocenters. The van der Waals surface area contributed by atoms with Crippen LogP contribution in [0.5, 0.6) is 0 Å². The third kappa shape index (κ3) is 2.53. The highest BCUT2D eigenvalue weighted by atomic mass is 19.1. The van der Waals surface area contributed by atoms with Gasteiger partial charge in [0.25, 0.3) is 0 Å². The van der Waals surface area contributed by atoms with Gasteiger partial charge in [-0.15, -0.1) is 0 Å². The number of benzene rings is 1. The van der Waals surface area contributed by atoms with Crippen molar-refractivity contribution in [1.82, 2.24) is 5.32 Å². The fourth-order valence-corrected chi connectivity index (χ4v) is 2.17. The van der Waals surface area contributed by atoms with Gasteiger partial charge in [-0.1, -0.05) is 0 Å². The van der Waals surface area contributed by atoms with Gasteiger partial charge in [0.2, 0.25) is 0 Å². The normalized spacial score (nSPS) is 23.9.